The molecular weight excluding hydrogens is 392 g/mol. The van der Waals surface area contributed by atoms with Gasteiger partial charge in [-0.2, -0.15) is 0 Å². The van der Waals surface area contributed by atoms with Gasteiger partial charge in [0.15, 0.2) is 6.67 Å². The van der Waals surface area contributed by atoms with Crippen molar-refractivity contribution in [2.24, 2.45) is 11.3 Å². The first-order chi connectivity index (χ1) is 14.6. The standard InChI is InChI=1S/C24H36N4O3/c1-6-23(2,3)19-11-13-24(14-12-19)21(30)28(22(31)26-24)16-27(5)15-17-7-9-18(10-8-17)20(29)25-4/h7-10,19H,6,11-16H2,1-5H3,(H,25,29)(H,26,31)/p+1. The van der Waals surface area contributed by atoms with Gasteiger partial charge in [0.2, 0.25) is 0 Å². The van der Waals surface area contributed by atoms with Crippen LogP contribution in [0.3, 0.4) is 0 Å². The van der Waals surface area contributed by atoms with Crippen molar-refractivity contribution in [2.75, 3.05) is 20.8 Å². The van der Waals surface area contributed by atoms with Crippen molar-refractivity contribution < 1.29 is 19.3 Å². The Kier molecular flexibility index (Phi) is 6.74. The Bertz CT molecular complexity index is 826. The summed E-state index contributed by atoms with van der Waals surface area (Å²) in [7, 11) is 3.58. The maximum absolute atomic E-state index is 13.2. The van der Waals surface area contributed by atoms with E-state index in [-0.39, 0.29) is 23.3 Å². The van der Waals surface area contributed by atoms with Crippen LogP contribution < -0.4 is 15.5 Å². The molecule has 1 aromatic rings. The minimum atomic E-state index is -0.715. The van der Waals surface area contributed by atoms with E-state index in [0.717, 1.165) is 42.6 Å². The minimum absolute atomic E-state index is 0.0698. The molecule has 1 saturated carbocycles. The summed E-state index contributed by atoms with van der Waals surface area (Å²) in [5.41, 5.74) is 1.22. The molecule has 1 unspecified atom stereocenters. The van der Waals surface area contributed by atoms with Crippen LogP contribution in [-0.4, -0.2) is 49.0 Å². The van der Waals surface area contributed by atoms with Gasteiger partial charge in [-0.1, -0.05) is 39.3 Å². The molecule has 170 valence electrons. The first-order valence-electron chi connectivity index (χ1n) is 11.4. The summed E-state index contributed by atoms with van der Waals surface area (Å²) < 4.78 is 0. The van der Waals surface area contributed by atoms with Gasteiger partial charge < -0.3 is 15.5 Å². The van der Waals surface area contributed by atoms with Gasteiger partial charge in [-0.05, 0) is 49.1 Å². The molecule has 31 heavy (non-hydrogen) atoms. The van der Waals surface area contributed by atoms with E-state index in [9.17, 15) is 14.4 Å². The van der Waals surface area contributed by atoms with Gasteiger partial charge in [-0.3, -0.25) is 9.59 Å². The normalized spacial score (nSPS) is 24.9. The Morgan fingerprint density at radius 3 is 2.39 bits per heavy atom. The van der Waals surface area contributed by atoms with Gasteiger partial charge in [0.25, 0.3) is 11.8 Å². The summed E-state index contributed by atoms with van der Waals surface area (Å²) in [5.74, 6) is 0.404. The van der Waals surface area contributed by atoms with E-state index in [2.05, 4.69) is 31.4 Å². The predicted molar refractivity (Wildman–Crippen MR) is 119 cm³/mol. The molecule has 2 fully saturated rings. The molecule has 4 amide bonds. The molecule has 1 saturated heterocycles. The number of carbonyl (C=O) groups excluding carboxylic acids is 3. The lowest BCUT2D eigenvalue weighted by Crippen LogP contribution is -3.09. The average Bonchev–Trinajstić information content (AvgIpc) is 2.98. The zero-order valence-corrected chi connectivity index (χ0v) is 19.5. The van der Waals surface area contributed by atoms with Crippen LogP contribution in [0.2, 0.25) is 0 Å². The van der Waals surface area contributed by atoms with E-state index < -0.39 is 5.54 Å². The fourth-order valence-corrected chi connectivity index (χ4v) is 4.93. The van der Waals surface area contributed by atoms with Crippen LogP contribution >= 0.6 is 0 Å². The molecule has 1 heterocycles. The number of benzene rings is 1. The van der Waals surface area contributed by atoms with Crippen LogP contribution in [0.1, 0.15) is 68.8 Å². The van der Waals surface area contributed by atoms with E-state index in [0.29, 0.717) is 24.7 Å². The Morgan fingerprint density at radius 1 is 1.23 bits per heavy atom. The van der Waals surface area contributed by atoms with Crippen molar-refractivity contribution in [3.63, 3.8) is 0 Å². The molecule has 1 aliphatic carbocycles. The SMILES string of the molecule is CCC(C)(C)C1CCC2(CC1)NC(=O)N(C[NH+](C)Cc1ccc(C(=O)NC)cc1)C2=O. The molecule has 7 heteroatoms. The molecule has 1 atom stereocenters. The zero-order chi connectivity index (χ0) is 22.8. The number of imide groups is 1. The molecule has 7 nitrogen and oxygen atoms in total. The van der Waals surface area contributed by atoms with Crippen LogP contribution in [0.4, 0.5) is 4.79 Å². The van der Waals surface area contributed by atoms with Gasteiger partial charge in [-0.25, -0.2) is 9.69 Å². The van der Waals surface area contributed by atoms with Crippen LogP contribution in [0.25, 0.3) is 0 Å². The highest BCUT2D eigenvalue weighted by Crippen LogP contribution is 2.44. The van der Waals surface area contributed by atoms with Crippen molar-refractivity contribution in [2.45, 2.75) is 65.0 Å². The van der Waals surface area contributed by atoms with E-state index >= 15 is 0 Å². The van der Waals surface area contributed by atoms with Gasteiger partial charge in [0, 0.05) is 18.2 Å². The quantitative estimate of drug-likeness (QED) is 0.579. The van der Waals surface area contributed by atoms with E-state index in [4.69, 9.17) is 0 Å². The Morgan fingerprint density at radius 2 is 1.84 bits per heavy atom. The fraction of sp³-hybridized carbons (Fsp3) is 0.625. The first-order valence-corrected chi connectivity index (χ1v) is 11.4. The number of carbonyl (C=O) groups is 3. The zero-order valence-electron chi connectivity index (χ0n) is 19.5. The Labute approximate surface area is 185 Å². The highest BCUT2D eigenvalue weighted by atomic mass is 16.2. The minimum Gasteiger partial charge on any atom is -0.355 e. The number of hydrogen-bond donors (Lipinski definition) is 3. The molecule has 0 bridgehead atoms. The van der Waals surface area contributed by atoms with Gasteiger partial charge >= 0.3 is 6.03 Å². The van der Waals surface area contributed by atoms with E-state index in [1.54, 1.807) is 19.2 Å². The fourth-order valence-electron chi connectivity index (χ4n) is 4.93. The molecule has 1 aromatic carbocycles. The molecule has 1 aliphatic heterocycles. The molecule has 0 radical (unpaired) electrons. The first kappa shape index (κ1) is 23.3. The van der Waals surface area contributed by atoms with Crippen LogP contribution in [0, 0.1) is 11.3 Å². The second-order valence-electron chi connectivity index (χ2n) is 9.93. The highest BCUT2D eigenvalue weighted by Gasteiger charge is 2.54. The maximum Gasteiger partial charge on any atom is 0.329 e. The maximum atomic E-state index is 13.2. The van der Waals surface area contributed by atoms with Gasteiger partial charge in [0.05, 0.1) is 7.05 Å². The van der Waals surface area contributed by atoms with Crippen molar-refractivity contribution in [1.82, 2.24) is 15.5 Å². The Balaban J connectivity index is 1.59. The predicted octanol–water partition coefficient (Wildman–Crippen LogP) is 1.94. The topological polar surface area (TPSA) is 82.9 Å². The molecule has 3 N–H and O–H groups in total. The monoisotopic (exact) mass is 429 g/mol. The average molecular weight is 430 g/mol. The summed E-state index contributed by atoms with van der Waals surface area (Å²) in [4.78, 5) is 40.0. The van der Waals surface area contributed by atoms with Crippen molar-refractivity contribution in [1.29, 1.82) is 0 Å². The molecule has 3 rings (SSSR count). The van der Waals surface area contributed by atoms with Gasteiger partial charge in [0.1, 0.15) is 12.1 Å². The summed E-state index contributed by atoms with van der Waals surface area (Å²) in [6, 6.07) is 7.14. The number of amides is 4. The molecule has 2 aliphatic rings. The molecule has 1 spiro atoms. The summed E-state index contributed by atoms with van der Waals surface area (Å²) >= 11 is 0. The van der Waals surface area contributed by atoms with Crippen molar-refractivity contribution in [3.8, 4) is 0 Å². The second-order valence-corrected chi connectivity index (χ2v) is 9.93. The van der Waals surface area contributed by atoms with Crippen molar-refractivity contribution >= 4 is 17.8 Å². The highest BCUT2D eigenvalue weighted by molar-refractivity contribution is 6.07. The smallest absolute Gasteiger partial charge is 0.329 e. The molecular formula is C24H37N4O3+. The number of urea groups is 1. The number of rotatable bonds is 7. The molecule has 0 aromatic heterocycles. The Hall–Kier alpha value is -2.41. The third-order valence-corrected chi connectivity index (χ3v) is 7.48. The lowest BCUT2D eigenvalue weighted by atomic mass is 9.65. The van der Waals surface area contributed by atoms with Gasteiger partial charge in [-0.15, -0.1) is 0 Å². The number of nitrogens with one attached hydrogen (secondary N) is 3. The van der Waals surface area contributed by atoms with Crippen LogP contribution in [0.15, 0.2) is 24.3 Å². The van der Waals surface area contributed by atoms with Crippen LogP contribution in [0.5, 0.6) is 0 Å². The van der Waals surface area contributed by atoms with Crippen LogP contribution in [-0.2, 0) is 11.3 Å². The number of nitrogens with zero attached hydrogens (tertiary/aromatic N) is 1. The summed E-state index contributed by atoms with van der Waals surface area (Å²) in [5, 5.41) is 5.64. The van der Waals surface area contributed by atoms with E-state index in [1.807, 2.05) is 19.2 Å². The number of quaternary nitrogens is 1. The van der Waals surface area contributed by atoms with Crippen molar-refractivity contribution in [3.05, 3.63) is 35.4 Å². The second kappa shape index (κ2) is 8.99. The number of hydrogen-bond acceptors (Lipinski definition) is 3. The lowest BCUT2D eigenvalue weighted by molar-refractivity contribution is -0.901. The third kappa shape index (κ3) is 4.76. The third-order valence-electron chi connectivity index (χ3n) is 7.48. The van der Waals surface area contributed by atoms with E-state index in [1.165, 1.54) is 4.90 Å². The summed E-state index contributed by atoms with van der Waals surface area (Å²) in [6.45, 7) is 7.81. The largest absolute Gasteiger partial charge is 0.355 e. The summed E-state index contributed by atoms with van der Waals surface area (Å²) in [6.07, 6.45) is 4.52. The lowest BCUT2D eigenvalue weighted by Gasteiger charge is -2.42.